The molecular weight excluding hydrogens is 422 g/mol. The number of fused-ring (bicyclic) bond motifs is 10. The fourth-order valence-corrected chi connectivity index (χ4v) is 6.07. The molecule has 0 unspecified atom stereocenters. The lowest BCUT2D eigenvalue weighted by atomic mass is 9.70. The highest BCUT2D eigenvalue weighted by Crippen LogP contribution is 2.62. The van der Waals surface area contributed by atoms with Crippen molar-refractivity contribution in [2.75, 3.05) is 5.32 Å². The molecule has 1 spiro atoms. The van der Waals surface area contributed by atoms with Gasteiger partial charge in [-0.1, -0.05) is 103 Å². The van der Waals surface area contributed by atoms with Gasteiger partial charge in [0.15, 0.2) is 0 Å². The number of para-hydroxylation sites is 1. The molecule has 7 rings (SSSR count). The fourth-order valence-electron chi connectivity index (χ4n) is 5.89. The summed E-state index contributed by atoms with van der Waals surface area (Å²) in [6.45, 7) is 0. The zero-order valence-electron chi connectivity index (χ0n) is 17.8. The predicted molar refractivity (Wildman–Crippen MR) is 137 cm³/mol. The Bertz CT molecular complexity index is 1500. The lowest BCUT2D eigenvalue weighted by Crippen LogP contribution is -2.25. The molecule has 0 atom stereocenters. The van der Waals surface area contributed by atoms with Crippen molar-refractivity contribution < 1.29 is 0 Å². The number of hydrogen-bond donors (Lipinski definition) is 1. The zero-order chi connectivity index (χ0) is 22.0. The molecule has 0 heterocycles. The Morgan fingerprint density at radius 2 is 0.970 bits per heavy atom. The SMILES string of the molecule is Clc1ccccc1Nc1ccc2c(c1)C1(c3ccccc3-c3ccccc31)c1ccccc1-2. The van der Waals surface area contributed by atoms with Crippen LogP contribution in [0.1, 0.15) is 22.3 Å². The number of nitrogens with one attached hydrogen (secondary N) is 1. The monoisotopic (exact) mass is 441 g/mol. The highest BCUT2D eigenvalue weighted by Gasteiger charge is 2.51. The Balaban J connectivity index is 1.54. The van der Waals surface area contributed by atoms with Gasteiger partial charge in [0, 0.05) is 5.69 Å². The molecule has 0 radical (unpaired) electrons. The number of anilines is 2. The molecule has 2 aliphatic rings. The average molecular weight is 442 g/mol. The third-order valence-electron chi connectivity index (χ3n) is 7.15. The standard InChI is InChI=1S/C31H20ClN/c32-29-15-7-8-16-30(29)33-20-17-18-24-23-11-3-6-14-27(23)31(28(24)19-20)25-12-4-1-9-21(25)22-10-2-5-13-26(22)31/h1-19,33H. The molecule has 33 heavy (non-hydrogen) atoms. The van der Waals surface area contributed by atoms with Crippen molar-refractivity contribution >= 4 is 23.0 Å². The summed E-state index contributed by atoms with van der Waals surface area (Å²) in [4.78, 5) is 0. The van der Waals surface area contributed by atoms with Crippen LogP contribution >= 0.6 is 11.6 Å². The van der Waals surface area contributed by atoms with Crippen LogP contribution in [0.4, 0.5) is 11.4 Å². The number of rotatable bonds is 2. The van der Waals surface area contributed by atoms with Gasteiger partial charge in [-0.15, -0.1) is 0 Å². The normalized spacial score (nSPS) is 13.8. The van der Waals surface area contributed by atoms with E-state index in [1.54, 1.807) is 0 Å². The van der Waals surface area contributed by atoms with E-state index in [1.807, 2.05) is 24.3 Å². The molecule has 2 heteroatoms. The van der Waals surface area contributed by atoms with Crippen LogP contribution in [0.25, 0.3) is 22.3 Å². The largest absolute Gasteiger partial charge is 0.354 e. The molecular formula is C31H20ClN. The van der Waals surface area contributed by atoms with Gasteiger partial charge in [0.1, 0.15) is 0 Å². The van der Waals surface area contributed by atoms with E-state index < -0.39 is 0 Å². The summed E-state index contributed by atoms with van der Waals surface area (Å²) >= 11 is 6.46. The topological polar surface area (TPSA) is 12.0 Å². The first kappa shape index (κ1) is 18.7. The van der Waals surface area contributed by atoms with Crippen LogP contribution in [-0.2, 0) is 5.41 Å². The number of hydrogen-bond acceptors (Lipinski definition) is 1. The van der Waals surface area contributed by atoms with Gasteiger partial charge in [-0.25, -0.2) is 0 Å². The first-order valence-electron chi connectivity index (χ1n) is 11.2. The van der Waals surface area contributed by atoms with Crippen LogP contribution in [0.5, 0.6) is 0 Å². The van der Waals surface area contributed by atoms with E-state index in [0.29, 0.717) is 5.02 Å². The van der Waals surface area contributed by atoms with Gasteiger partial charge in [-0.05, 0) is 68.8 Å². The van der Waals surface area contributed by atoms with Gasteiger partial charge >= 0.3 is 0 Å². The van der Waals surface area contributed by atoms with Crippen LogP contribution in [0.2, 0.25) is 5.02 Å². The fraction of sp³-hybridized carbons (Fsp3) is 0.0323. The van der Waals surface area contributed by atoms with Crippen LogP contribution in [0, 0.1) is 0 Å². The quantitative estimate of drug-likeness (QED) is 0.284. The molecule has 156 valence electrons. The molecule has 0 saturated carbocycles. The van der Waals surface area contributed by atoms with Gasteiger partial charge in [0.2, 0.25) is 0 Å². The second kappa shape index (κ2) is 6.84. The Morgan fingerprint density at radius 1 is 0.485 bits per heavy atom. The number of halogens is 1. The van der Waals surface area contributed by atoms with Crippen molar-refractivity contribution in [2.45, 2.75) is 5.41 Å². The molecule has 5 aromatic rings. The molecule has 2 aliphatic carbocycles. The molecule has 0 amide bonds. The highest BCUT2D eigenvalue weighted by molar-refractivity contribution is 6.33. The van der Waals surface area contributed by atoms with Crippen molar-refractivity contribution in [1.82, 2.24) is 0 Å². The van der Waals surface area contributed by atoms with Crippen molar-refractivity contribution in [2.24, 2.45) is 0 Å². The summed E-state index contributed by atoms with van der Waals surface area (Å²) in [5, 5.41) is 4.27. The maximum Gasteiger partial charge on any atom is 0.0726 e. The molecule has 0 fully saturated rings. The minimum Gasteiger partial charge on any atom is -0.354 e. The van der Waals surface area contributed by atoms with E-state index >= 15 is 0 Å². The Hall–Kier alpha value is -3.81. The third kappa shape index (κ3) is 2.43. The predicted octanol–water partition coefficient (Wildman–Crippen LogP) is 8.43. The van der Waals surface area contributed by atoms with Gasteiger partial charge < -0.3 is 5.32 Å². The van der Waals surface area contributed by atoms with Crippen molar-refractivity contribution in [1.29, 1.82) is 0 Å². The molecule has 0 aromatic heterocycles. The van der Waals surface area contributed by atoms with Gasteiger partial charge in [-0.3, -0.25) is 0 Å². The Labute approximate surface area is 198 Å². The Morgan fingerprint density at radius 3 is 1.55 bits per heavy atom. The minimum atomic E-state index is -0.322. The molecule has 1 N–H and O–H groups in total. The summed E-state index contributed by atoms with van der Waals surface area (Å²) in [6.07, 6.45) is 0. The van der Waals surface area contributed by atoms with Gasteiger partial charge in [0.25, 0.3) is 0 Å². The van der Waals surface area contributed by atoms with E-state index in [-0.39, 0.29) is 5.41 Å². The average Bonchev–Trinajstić information content (AvgIpc) is 3.33. The number of benzene rings is 5. The van der Waals surface area contributed by atoms with Crippen LogP contribution in [0.3, 0.4) is 0 Å². The first-order valence-corrected chi connectivity index (χ1v) is 11.6. The smallest absolute Gasteiger partial charge is 0.0726 e. The highest BCUT2D eigenvalue weighted by atomic mass is 35.5. The molecule has 0 bridgehead atoms. The van der Waals surface area contributed by atoms with Crippen molar-refractivity contribution in [3.63, 3.8) is 0 Å². The Kier molecular flexibility index (Phi) is 3.88. The van der Waals surface area contributed by atoms with E-state index in [0.717, 1.165) is 11.4 Å². The van der Waals surface area contributed by atoms with E-state index in [2.05, 4.69) is 96.3 Å². The molecule has 0 saturated heterocycles. The summed E-state index contributed by atoms with van der Waals surface area (Å²) in [5.41, 5.74) is 12.2. The lowest BCUT2D eigenvalue weighted by Gasteiger charge is -2.30. The summed E-state index contributed by atoms with van der Waals surface area (Å²) in [7, 11) is 0. The van der Waals surface area contributed by atoms with Gasteiger partial charge in [-0.2, -0.15) is 0 Å². The summed E-state index contributed by atoms with van der Waals surface area (Å²) < 4.78 is 0. The van der Waals surface area contributed by atoms with E-state index in [9.17, 15) is 0 Å². The summed E-state index contributed by atoms with van der Waals surface area (Å²) in [5.74, 6) is 0. The van der Waals surface area contributed by atoms with E-state index in [4.69, 9.17) is 11.6 Å². The maximum absolute atomic E-state index is 6.46. The van der Waals surface area contributed by atoms with Gasteiger partial charge in [0.05, 0.1) is 16.1 Å². The van der Waals surface area contributed by atoms with E-state index in [1.165, 1.54) is 44.5 Å². The van der Waals surface area contributed by atoms with Crippen LogP contribution in [-0.4, -0.2) is 0 Å². The minimum absolute atomic E-state index is 0.322. The molecule has 1 nitrogen and oxygen atoms in total. The van der Waals surface area contributed by atoms with Crippen molar-refractivity contribution in [3.8, 4) is 22.3 Å². The maximum atomic E-state index is 6.46. The third-order valence-corrected chi connectivity index (χ3v) is 7.48. The van der Waals surface area contributed by atoms with Crippen molar-refractivity contribution in [3.05, 3.63) is 143 Å². The summed E-state index contributed by atoms with van der Waals surface area (Å²) in [6, 6.07) is 41.2. The van der Waals surface area contributed by atoms with Crippen LogP contribution < -0.4 is 5.32 Å². The first-order chi connectivity index (χ1) is 16.3. The zero-order valence-corrected chi connectivity index (χ0v) is 18.6. The van der Waals surface area contributed by atoms with Crippen LogP contribution in [0.15, 0.2) is 115 Å². The molecule has 5 aromatic carbocycles. The lowest BCUT2D eigenvalue weighted by molar-refractivity contribution is 0.794. The second-order valence-electron chi connectivity index (χ2n) is 8.75. The second-order valence-corrected chi connectivity index (χ2v) is 9.16. The molecule has 0 aliphatic heterocycles.